The third kappa shape index (κ3) is 6.22. The molecule has 0 fully saturated rings. The summed E-state index contributed by atoms with van der Waals surface area (Å²) >= 11 is 0. The van der Waals surface area contributed by atoms with Gasteiger partial charge in [0.15, 0.2) is 0 Å². The molecule has 2 nitrogen and oxygen atoms in total. The maximum atomic E-state index is 6.54. The molecule has 0 heterocycles. The summed E-state index contributed by atoms with van der Waals surface area (Å²) in [6.07, 6.45) is 5.60. The highest BCUT2D eigenvalue weighted by atomic mass is 16.5. The molecule has 2 heteroatoms. The lowest BCUT2D eigenvalue weighted by molar-refractivity contribution is 0.299. The molecule has 0 N–H and O–H groups in total. The Balaban J connectivity index is 2.12. The third-order valence-corrected chi connectivity index (χ3v) is 6.93. The minimum atomic E-state index is 0.118. The number of fused-ring (bicyclic) bond motifs is 2. The van der Waals surface area contributed by atoms with E-state index >= 15 is 0 Å². The predicted molar refractivity (Wildman–Crippen MR) is 144 cm³/mol. The Bertz CT molecular complexity index is 1050. The van der Waals surface area contributed by atoms with Crippen LogP contribution < -0.4 is 9.47 Å². The molecule has 0 spiro atoms. The SMILES string of the molecule is CCC(C)(C)c1ccc2c(OCCCC(C)C)c3ccccc3c(OCCCC(C)C)c2c1. The fraction of sp³-hybridized carbons (Fsp3) is 0.548. The van der Waals surface area contributed by atoms with E-state index in [1.807, 2.05) is 0 Å². The van der Waals surface area contributed by atoms with Gasteiger partial charge < -0.3 is 9.47 Å². The molecule has 0 radical (unpaired) electrons. The molecule has 3 aromatic carbocycles. The quantitative estimate of drug-likeness (QED) is 0.203. The van der Waals surface area contributed by atoms with E-state index in [-0.39, 0.29) is 5.41 Å². The van der Waals surface area contributed by atoms with Crippen LogP contribution in [0.2, 0.25) is 0 Å². The van der Waals surface area contributed by atoms with Crippen LogP contribution in [0.3, 0.4) is 0 Å². The van der Waals surface area contributed by atoms with Gasteiger partial charge in [-0.2, -0.15) is 0 Å². The van der Waals surface area contributed by atoms with Crippen molar-refractivity contribution in [3.8, 4) is 11.5 Å². The number of hydrogen-bond acceptors (Lipinski definition) is 2. The maximum Gasteiger partial charge on any atom is 0.135 e. The van der Waals surface area contributed by atoms with Crippen LogP contribution >= 0.6 is 0 Å². The van der Waals surface area contributed by atoms with Gasteiger partial charge in [0, 0.05) is 21.5 Å². The zero-order valence-electron chi connectivity index (χ0n) is 22.0. The minimum Gasteiger partial charge on any atom is -0.492 e. The molecule has 3 rings (SSSR count). The summed E-state index contributed by atoms with van der Waals surface area (Å²) in [6, 6.07) is 15.5. The van der Waals surface area contributed by atoms with Gasteiger partial charge in [-0.1, -0.05) is 84.9 Å². The predicted octanol–water partition coefficient (Wildman–Crippen LogP) is 9.31. The van der Waals surface area contributed by atoms with Crippen molar-refractivity contribution in [2.24, 2.45) is 11.8 Å². The highest BCUT2D eigenvalue weighted by Crippen LogP contribution is 2.44. The van der Waals surface area contributed by atoms with Crippen molar-refractivity contribution in [2.45, 2.75) is 86.0 Å². The standard InChI is InChI=1S/C31H44O2/c1-8-31(6,7)24-17-18-27-28(21-24)30(33-20-12-14-23(4)5)26-16-10-9-15-25(26)29(27)32-19-11-13-22(2)3/h9-10,15-18,21-23H,8,11-14,19-20H2,1-7H3. The van der Waals surface area contributed by atoms with Crippen molar-refractivity contribution in [3.05, 3.63) is 48.0 Å². The van der Waals surface area contributed by atoms with Crippen LogP contribution in [0, 0.1) is 11.8 Å². The average Bonchev–Trinajstić information content (AvgIpc) is 2.79. The molecule has 180 valence electrons. The summed E-state index contributed by atoms with van der Waals surface area (Å²) in [5.74, 6) is 3.40. The first-order valence-electron chi connectivity index (χ1n) is 13.0. The van der Waals surface area contributed by atoms with E-state index in [9.17, 15) is 0 Å². The number of hydrogen-bond donors (Lipinski definition) is 0. The number of benzene rings is 3. The smallest absolute Gasteiger partial charge is 0.135 e. The number of rotatable bonds is 12. The van der Waals surface area contributed by atoms with Gasteiger partial charge in [0.25, 0.3) is 0 Å². The Kier molecular flexibility index (Phi) is 8.68. The van der Waals surface area contributed by atoms with Gasteiger partial charge in [-0.05, 0) is 61.0 Å². The van der Waals surface area contributed by atoms with Crippen LogP contribution in [0.25, 0.3) is 21.5 Å². The largest absolute Gasteiger partial charge is 0.492 e. The summed E-state index contributed by atoms with van der Waals surface area (Å²) in [5, 5.41) is 4.64. The second-order valence-corrected chi connectivity index (χ2v) is 11.0. The summed E-state index contributed by atoms with van der Waals surface area (Å²) in [4.78, 5) is 0. The molecule has 0 atom stereocenters. The summed E-state index contributed by atoms with van der Waals surface area (Å²) < 4.78 is 13.0. The molecule has 3 aromatic rings. The second kappa shape index (κ2) is 11.3. The lowest BCUT2D eigenvalue weighted by atomic mass is 9.81. The first kappa shape index (κ1) is 25.4. The lowest BCUT2D eigenvalue weighted by Crippen LogP contribution is -2.15. The van der Waals surface area contributed by atoms with Crippen molar-refractivity contribution in [1.29, 1.82) is 0 Å². The van der Waals surface area contributed by atoms with Gasteiger partial charge in [-0.15, -0.1) is 0 Å². The molecular formula is C31H44O2. The van der Waals surface area contributed by atoms with Gasteiger partial charge in [0.1, 0.15) is 11.5 Å². The molecule has 0 aromatic heterocycles. The van der Waals surface area contributed by atoms with E-state index in [2.05, 4.69) is 90.9 Å². The van der Waals surface area contributed by atoms with Crippen LogP contribution in [0.1, 0.15) is 86.1 Å². The molecule has 0 unspecified atom stereocenters. The van der Waals surface area contributed by atoms with E-state index in [0.717, 1.165) is 60.1 Å². The zero-order valence-corrected chi connectivity index (χ0v) is 22.0. The molecule has 0 aliphatic carbocycles. The van der Waals surface area contributed by atoms with Crippen LogP contribution in [-0.2, 0) is 5.41 Å². The number of ether oxygens (including phenoxy) is 2. The highest BCUT2D eigenvalue weighted by molar-refractivity contribution is 6.11. The van der Waals surface area contributed by atoms with Gasteiger partial charge in [-0.25, -0.2) is 0 Å². The summed E-state index contributed by atoms with van der Waals surface area (Å²) in [7, 11) is 0. The molecule has 33 heavy (non-hydrogen) atoms. The van der Waals surface area contributed by atoms with E-state index in [0.29, 0.717) is 11.8 Å². The second-order valence-electron chi connectivity index (χ2n) is 11.0. The van der Waals surface area contributed by atoms with Gasteiger partial charge in [0.2, 0.25) is 0 Å². The Morgan fingerprint density at radius 3 is 1.67 bits per heavy atom. The van der Waals surface area contributed by atoms with E-state index in [1.165, 1.54) is 23.8 Å². The first-order chi connectivity index (χ1) is 15.7. The van der Waals surface area contributed by atoms with Crippen molar-refractivity contribution in [1.82, 2.24) is 0 Å². The molecule has 0 amide bonds. The summed E-state index contributed by atoms with van der Waals surface area (Å²) in [5.41, 5.74) is 1.47. The fourth-order valence-electron chi connectivity index (χ4n) is 4.37. The average molecular weight is 449 g/mol. The van der Waals surface area contributed by atoms with Gasteiger partial charge in [0.05, 0.1) is 13.2 Å². The maximum absolute atomic E-state index is 6.54. The molecule has 0 bridgehead atoms. The molecule has 0 aliphatic rings. The Labute approximate surface area is 201 Å². The van der Waals surface area contributed by atoms with Crippen molar-refractivity contribution >= 4 is 21.5 Å². The monoisotopic (exact) mass is 448 g/mol. The van der Waals surface area contributed by atoms with E-state index in [1.54, 1.807) is 0 Å². The molecule has 0 aliphatic heterocycles. The Morgan fingerprint density at radius 2 is 1.18 bits per heavy atom. The Morgan fingerprint density at radius 1 is 0.697 bits per heavy atom. The fourth-order valence-corrected chi connectivity index (χ4v) is 4.37. The van der Waals surface area contributed by atoms with Crippen molar-refractivity contribution in [2.75, 3.05) is 13.2 Å². The summed E-state index contributed by atoms with van der Waals surface area (Å²) in [6.45, 7) is 17.5. The van der Waals surface area contributed by atoms with Crippen LogP contribution in [0.5, 0.6) is 11.5 Å². The normalized spacial score (nSPS) is 12.3. The highest BCUT2D eigenvalue weighted by Gasteiger charge is 2.22. The Hall–Kier alpha value is -2.22. The molecule has 0 saturated heterocycles. The third-order valence-electron chi connectivity index (χ3n) is 6.93. The van der Waals surface area contributed by atoms with E-state index < -0.39 is 0 Å². The minimum absolute atomic E-state index is 0.118. The van der Waals surface area contributed by atoms with Gasteiger partial charge in [-0.3, -0.25) is 0 Å². The van der Waals surface area contributed by atoms with Gasteiger partial charge >= 0.3 is 0 Å². The molecule has 0 saturated carbocycles. The van der Waals surface area contributed by atoms with Crippen LogP contribution in [0.4, 0.5) is 0 Å². The lowest BCUT2D eigenvalue weighted by Gasteiger charge is -2.25. The molecular weight excluding hydrogens is 404 g/mol. The van der Waals surface area contributed by atoms with Crippen LogP contribution in [0.15, 0.2) is 42.5 Å². The van der Waals surface area contributed by atoms with E-state index in [4.69, 9.17) is 9.47 Å². The van der Waals surface area contributed by atoms with Crippen LogP contribution in [-0.4, -0.2) is 13.2 Å². The van der Waals surface area contributed by atoms with Crippen molar-refractivity contribution in [3.63, 3.8) is 0 Å². The topological polar surface area (TPSA) is 18.5 Å². The first-order valence-corrected chi connectivity index (χ1v) is 13.0. The van der Waals surface area contributed by atoms with Crippen molar-refractivity contribution < 1.29 is 9.47 Å². The zero-order chi connectivity index (χ0) is 24.0.